The monoisotopic (exact) mass is 1110 g/mol. The van der Waals surface area contributed by atoms with E-state index in [9.17, 15) is 19.8 Å². The number of ether oxygens (including phenoxy) is 3. The van der Waals surface area contributed by atoms with Gasteiger partial charge in [0.2, 0.25) is 11.8 Å². The Kier molecular flexibility index (Phi) is 15.3. The lowest BCUT2D eigenvalue weighted by Crippen LogP contribution is -2.62. The molecule has 420 valence electrons. The van der Waals surface area contributed by atoms with Gasteiger partial charge in [0.05, 0.1) is 39.9 Å². The third-order valence-corrected chi connectivity index (χ3v) is 18.2. The first kappa shape index (κ1) is 54.1. The second-order valence-corrected chi connectivity index (χ2v) is 29.1. The van der Waals surface area contributed by atoms with Gasteiger partial charge in [-0.25, -0.2) is 14.6 Å². The molecule has 6 aromatic heterocycles. The quantitative estimate of drug-likeness (QED) is 0.0512. The Bertz CT molecular complexity index is 3540. The first-order valence-corrected chi connectivity index (χ1v) is 32.0. The summed E-state index contributed by atoms with van der Waals surface area (Å²) in [6, 6.07) is 33.2. The summed E-state index contributed by atoms with van der Waals surface area (Å²) >= 11 is 0. The summed E-state index contributed by atoms with van der Waals surface area (Å²) in [5, 5.41) is 34.7. The van der Waals surface area contributed by atoms with E-state index in [4.69, 9.17) is 24.2 Å². The average molecular weight is 1110 g/mol. The van der Waals surface area contributed by atoms with E-state index < -0.39 is 20.3 Å². The van der Waals surface area contributed by atoms with E-state index >= 15 is 0 Å². The SMILES string of the molecule is C[C@H](O)C(=O)N1CC2CCC(C1)N2Cc1ccc2cc(Oc3ccc(-c4cc(CC5C6CCC(CN5C(=O)[C@H](C)O)N6Cc5ccc6cc(Oc7ccc(-c8ccnn8COCC[Si](C)(C)C)cn7)ccc6n5)[nH]n4)cn3)ccc2n1. The molecule has 19 nitrogen and oxygen atoms in total. The molecule has 3 N–H and O–H groups in total. The molecule has 12 rings (SSSR count). The summed E-state index contributed by atoms with van der Waals surface area (Å²) in [5.41, 5.74) is 7.92. The van der Waals surface area contributed by atoms with Gasteiger partial charge in [-0.1, -0.05) is 31.8 Å². The average Bonchev–Trinajstić information content (AvgIpc) is 4.27. The van der Waals surface area contributed by atoms with Crippen LogP contribution in [0.3, 0.4) is 0 Å². The van der Waals surface area contributed by atoms with E-state index in [1.165, 1.54) is 6.92 Å². The highest BCUT2D eigenvalue weighted by molar-refractivity contribution is 6.76. The van der Waals surface area contributed by atoms with Gasteiger partial charge in [0.25, 0.3) is 11.8 Å². The van der Waals surface area contributed by atoms with Gasteiger partial charge in [-0.3, -0.25) is 34.5 Å². The molecule has 81 heavy (non-hydrogen) atoms. The molecule has 8 aromatic rings. The van der Waals surface area contributed by atoms with Crippen molar-refractivity contribution >= 4 is 41.7 Å². The largest absolute Gasteiger partial charge is 0.439 e. The Labute approximate surface area is 471 Å². The van der Waals surface area contributed by atoms with Crippen LogP contribution in [0.4, 0.5) is 0 Å². The molecule has 10 heterocycles. The highest BCUT2D eigenvalue weighted by Crippen LogP contribution is 2.39. The van der Waals surface area contributed by atoms with Crippen LogP contribution in [0.15, 0.2) is 116 Å². The van der Waals surface area contributed by atoms with Gasteiger partial charge in [0.1, 0.15) is 30.4 Å². The fraction of sp³-hybridized carbons (Fsp3) is 0.410. The van der Waals surface area contributed by atoms with Gasteiger partial charge < -0.3 is 34.2 Å². The first-order chi connectivity index (χ1) is 39.1. The number of nitrogens with zero attached hydrogens (tertiary/aromatic N) is 11. The number of aliphatic hydroxyl groups is 2. The molecule has 0 saturated carbocycles. The van der Waals surface area contributed by atoms with Crippen molar-refractivity contribution in [3.63, 3.8) is 0 Å². The van der Waals surface area contributed by atoms with Crippen molar-refractivity contribution in [3.8, 4) is 45.8 Å². The molecule has 2 aromatic carbocycles. The summed E-state index contributed by atoms with van der Waals surface area (Å²) in [4.78, 5) is 54.2. The minimum atomic E-state index is -1.18. The normalized spacial score (nSPS) is 21.0. The Hall–Kier alpha value is -7.46. The van der Waals surface area contributed by atoms with E-state index in [2.05, 4.69) is 79.0 Å². The Morgan fingerprint density at radius 1 is 0.691 bits per heavy atom. The number of rotatable bonds is 19. The number of carbonyl (C=O) groups excluding carboxylic acids is 2. The summed E-state index contributed by atoms with van der Waals surface area (Å²) in [5.74, 6) is 1.77. The lowest BCUT2D eigenvalue weighted by Gasteiger charge is -2.47. The van der Waals surface area contributed by atoms with Crippen LogP contribution in [0.25, 0.3) is 44.3 Å². The highest BCUT2D eigenvalue weighted by atomic mass is 28.3. The van der Waals surface area contributed by atoms with E-state index in [0.717, 1.165) is 99.7 Å². The highest BCUT2D eigenvalue weighted by Gasteiger charge is 2.48. The van der Waals surface area contributed by atoms with Crippen molar-refractivity contribution in [1.29, 1.82) is 0 Å². The van der Waals surface area contributed by atoms with Gasteiger partial charge in [0.15, 0.2) is 0 Å². The molecular weight excluding hydrogens is 1040 g/mol. The van der Waals surface area contributed by atoms with Gasteiger partial charge in [-0.15, -0.1) is 0 Å². The predicted octanol–water partition coefficient (Wildman–Crippen LogP) is 8.45. The number of pyridine rings is 4. The Morgan fingerprint density at radius 2 is 1.30 bits per heavy atom. The minimum Gasteiger partial charge on any atom is -0.439 e. The third kappa shape index (κ3) is 12.0. The Balaban J connectivity index is 0.666. The summed E-state index contributed by atoms with van der Waals surface area (Å²) in [7, 11) is -1.18. The number of hydrogen-bond donors (Lipinski definition) is 3. The van der Waals surface area contributed by atoms with Crippen LogP contribution in [0.2, 0.25) is 25.7 Å². The lowest BCUT2D eigenvalue weighted by atomic mass is 9.96. The van der Waals surface area contributed by atoms with Crippen LogP contribution in [0, 0.1) is 0 Å². The van der Waals surface area contributed by atoms with E-state index in [1.54, 1.807) is 25.5 Å². The number of fused-ring (bicyclic) bond motifs is 6. The number of hydrogen-bond acceptors (Lipinski definition) is 15. The van der Waals surface area contributed by atoms with Crippen molar-refractivity contribution < 1.29 is 34.0 Å². The Morgan fingerprint density at radius 3 is 1.90 bits per heavy atom. The molecule has 0 aliphatic carbocycles. The number of amides is 2. The number of H-pyrrole nitrogens is 1. The van der Waals surface area contributed by atoms with Crippen LogP contribution < -0.4 is 9.47 Å². The maximum atomic E-state index is 13.7. The molecule has 4 bridgehead atoms. The number of piperazine rings is 2. The lowest BCUT2D eigenvalue weighted by molar-refractivity contribution is -0.147. The molecule has 2 amide bonds. The van der Waals surface area contributed by atoms with Gasteiger partial charge >= 0.3 is 0 Å². The second-order valence-electron chi connectivity index (χ2n) is 23.5. The van der Waals surface area contributed by atoms with Crippen LogP contribution in [0.5, 0.6) is 23.3 Å². The summed E-state index contributed by atoms with van der Waals surface area (Å²) in [6.45, 7) is 14.3. The predicted molar refractivity (Wildman–Crippen MR) is 309 cm³/mol. The maximum absolute atomic E-state index is 13.7. The molecule has 0 radical (unpaired) electrons. The second kappa shape index (κ2) is 22.8. The number of carbonyl (C=O) groups is 2. The molecule has 0 spiro atoms. The van der Waals surface area contributed by atoms with Gasteiger partial charge in [0, 0.05) is 136 Å². The molecule has 4 saturated heterocycles. The number of nitrogens with one attached hydrogen (secondary N) is 1. The molecule has 4 aliphatic heterocycles. The van der Waals surface area contributed by atoms with E-state index in [0.29, 0.717) is 69.1 Å². The molecule has 4 aliphatic rings. The number of benzene rings is 2. The first-order valence-electron chi connectivity index (χ1n) is 28.3. The van der Waals surface area contributed by atoms with Gasteiger partial charge in [-0.2, -0.15) is 10.2 Å². The molecule has 5 unspecified atom stereocenters. The third-order valence-electron chi connectivity index (χ3n) is 16.5. The summed E-state index contributed by atoms with van der Waals surface area (Å²) < 4.78 is 20.2. The van der Waals surface area contributed by atoms with Crippen LogP contribution >= 0.6 is 0 Å². The molecule has 20 heteroatoms. The van der Waals surface area contributed by atoms with Gasteiger partial charge in [-0.05, 0) is 118 Å². The van der Waals surface area contributed by atoms with Crippen molar-refractivity contribution in [2.24, 2.45) is 0 Å². The molecule has 7 atom stereocenters. The fourth-order valence-corrected chi connectivity index (χ4v) is 13.0. The van der Waals surface area contributed by atoms with Crippen molar-refractivity contribution in [1.82, 2.24) is 59.5 Å². The fourth-order valence-electron chi connectivity index (χ4n) is 12.3. The standard InChI is InChI=1S/C61H70N12O7Si/c1-38(74)60(76)69-34-47-12-13-48(35-69)70(47)32-44-10-6-40-26-50(15-17-52(40)65-44)79-58-20-8-42(30-62-58)54-28-46(67-68-54)29-57-56-19-14-49(36-72(57)61(77)39(2)75)71(56)33-45-11-7-41-27-51(16-18-53(41)66-45)80-59-21-9-43(31-63-59)55-22-23-64-73(55)37-78-24-25-81(3,4)5/h6-11,15-18,20-23,26-28,30-31,38-39,47-49,56-57,74-75H,12-14,19,24-25,29,32-37H2,1-5H3,(H,67,68)/t38-,39-,47?,48?,49?,56?,57?/m0/s1. The van der Waals surface area contributed by atoms with Crippen LogP contribution in [-0.2, 0) is 40.6 Å². The van der Waals surface area contributed by atoms with Crippen LogP contribution in [-0.4, -0.2) is 158 Å². The maximum Gasteiger partial charge on any atom is 0.251 e. The van der Waals surface area contributed by atoms with Crippen molar-refractivity contribution in [3.05, 3.63) is 133 Å². The van der Waals surface area contributed by atoms with Crippen molar-refractivity contribution in [2.75, 3.05) is 26.2 Å². The molecular formula is C61H70N12O7Si. The van der Waals surface area contributed by atoms with Crippen LogP contribution in [0.1, 0.15) is 56.6 Å². The number of likely N-dealkylation sites (tertiary alicyclic amines) is 2. The topological polar surface area (TPSA) is 213 Å². The van der Waals surface area contributed by atoms with E-state index in [1.807, 2.05) is 87.3 Å². The van der Waals surface area contributed by atoms with Crippen molar-refractivity contribution in [2.45, 2.75) is 134 Å². The zero-order chi connectivity index (χ0) is 55.9. The zero-order valence-corrected chi connectivity index (χ0v) is 47.6. The summed E-state index contributed by atoms with van der Waals surface area (Å²) in [6.07, 6.45) is 7.67. The number of aliphatic hydroxyl groups excluding tert-OH is 2. The molecule has 4 fully saturated rings. The number of aromatic nitrogens is 8. The minimum absolute atomic E-state index is 0.0445. The smallest absolute Gasteiger partial charge is 0.251 e. The van der Waals surface area contributed by atoms with E-state index in [-0.39, 0.29) is 42.0 Å². The number of aromatic amines is 1. The zero-order valence-electron chi connectivity index (χ0n) is 46.6.